The van der Waals surface area contributed by atoms with Gasteiger partial charge in [-0.15, -0.1) is 0 Å². The quantitative estimate of drug-likeness (QED) is 0.881. The van der Waals surface area contributed by atoms with Crippen LogP contribution in [0.4, 0.5) is 0 Å². The predicted octanol–water partition coefficient (Wildman–Crippen LogP) is 1.55. The number of rotatable bonds is 5. The van der Waals surface area contributed by atoms with Crippen LogP contribution in [-0.4, -0.2) is 55.2 Å². The SMILES string of the molecule is CN1CCOC(CCNC(=O)Cc2c[nH]c3ccccc23)C1. The zero-order chi connectivity index (χ0) is 15.4. The van der Waals surface area contributed by atoms with Gasteiger partial charge < -0.3 is 19.9 Å². The fourth-order valence-electron chi connectivity index (χ4n) is 2.93. The standard InChI is InChI=1S/C17H23N3O2/c1-20-8-9-22-14(12-20)6-7-18-17(21)10-13-11-19-16-5-3-2-4-15(13)16/h2-5,11,14,19H,6-10,12H2,1H3,(H,18,21). The van der Waals surface area contributed by atoms with E-state index >= 15 is 0 Å². The van der Waals surface area contributed by atoms with Gasteiger partial charge in [0, 0.05) is 36.7 Å². The normalized spacial score (nSPS) is 19.4. The molecule has 1 aromatic heterocycles. The first-order chi connectivity index (χ1) is 10.7. The third kappa shape index (κ3) is 3.67. The van der Waals surface area contributed by atoms with Crippen molar-refractivity contribution in [1.29, 1.82) is 0 Å². The molecule has 0 bridgehead atoms. The lowest BCUT2D eigenvalue weighted by Crippen LogP contribution is -2.41. The van der Waals surface area contributed by atoms with Crippen LogP contribution in [0.15, 0.2) is 30.5 Å². The molecular formula is C17H23N3O2. The number of ether oxygens (including phenoxy) is 1. The monoisotopic (exact) mass is 301 g/mol. The number of nitrogens with zero attached hydrogens (tertiary/aromatic N) is 1. The molecule has 0 spiro atoms. The Morgan fingerprint density at radius 3 is 3.18 bits per heavy atom. The molecule has 2 N–H and O–H groups in total. The van der Waals surface area contributed by atoms with Gasteiger partial charge in [-0.25, -0.2) is 0 Å². The second-order valence-corrected chi connectivity index (χ2v) is 5.93. The molecule has 22 heavy (non-hydrogen) atoms. The minimum absolute atomic E-state index is 0.0638. The van der Waals surface area contributed by atoms with E-state index in [0.29, 0.717) is 13.0 Å². The Labute approximate surface area is 130 Å². The minimum atomic E-state index is 0.0638. The molecule has 118 valence electrons. The molecular weight excluding hydrogens is 278 g/mol. The zero-order valence-electron chi connectivity index (χ0n) is 13.0. The van der Waals surface area contributed by atoms with Gasteiger partial charge in [-0.3, -0.25) is 4.79 Å². The number of aromatic nitrogens is 1. The summed E-state index contributed by atoms with van der Waals surface area (Å²) in [4.78, 5) is 17.6. The van der Waals surface area contributed by atoms with Gasteiger partial charge in [-0.1, -0.05) is 18.2 Å². The van der Waals surface area contributed by atoms with Crippen LogP contribution in [0.2, 0.25) is 0 Å². The topological polar surface area (TPSA) is 57.4 Å². The van der Waals surface area contributed by atoms with Crippen LogP contribution >= 0.6 is 0 Å². The fraction of sp³-hybridized carbons (Fsp3) is 0.471. The van der Waals surface area contributed by atoms with Crippen molar-refractivity contribution in [2.24, 2.45) is 0 Å². The molecule has 2 aromatic rings. The lowest BCUT2D eigenvalue weighted by molar-refractivity contribution is -0.120. The average molecular weight is 301 g/mol. The maximum atomic E-state index is 12.1. The van der Waals surface area contributed by atoms with Crippen LogP contribution < -0.4 is 5.32 Å². The number of carbonyl (C=O) groups is 1. The number of benzene rings is 1. The van der Waals surface area contributed by atoms with Crippen LogP contribution in [0.1, 0.15) is 12.0 Å². The summed E-state index contributed by atoms with van der Waals surface area (Å²) in [6.45, 7) is 3.38. The summed E-state index contributed by atoms with van der Waals surface area (Å²) >= 11 is 0. The molecule has 0 radical (unpaired) electrons. The number of nitrogens with one attached hydrogen (secondary N) is 2. The van der Waals surface area contributed by atoms with Gasteiger partial charge in [0.05, 0.1) is 19.1 Å². The third-order valence-electron chi connectivity index (χ3n) is 4.16. The number of para-hydroxylation sites is 1. The number of aromatic amines is 1. The number of amides is 1. The number of hydrogen-bond donors (Lipinski definition) is 2. The first-order valence-corrected chi connectivity index (χ1v) is 7.84. The number of likely N-dealkylation sites (N-methyl/N-ethyl adjacent to an activating group) is 1. The van der Waals surface area contributed by atoms with E-state index in [9.17, 15) is 4.79 Å². The predicted molar refractivity (Wildman–Crippen MR) is 86.9 cm³/mol. The molecule has 1 aliphatic rings. The van der Waals surface area contributed by atoms with Crippen LogP contribution in [0.25, 0.3) is 10.9 Å². The Morgan fingerprint density at radius 1 is 1.45 bits per heavy atom. The van der Waals surface area contributed by atoms with Gasteiger partial charge in [0.2, 0.25) is 5.91 Å². The highest BCUT2D eigenvalue weighted by Crippen LogP contribution is 2.17. The third-order valence-corrected chi connectivity index (χ3v) is 4.16. The minimum Gasteiger partial charge on any atom is -0.375 e. The van der Waals surface area contributed by atoms with Crippen LogP contribution in [0, 0.1) is 0 Å². The van der Waals surface area contributed by atoms with Gasteiger partial charge in [0.1, 0.15) is 0 Å². The first-order valence-electron chi connectivity index (χ1n) is 7.84. The summed E-state index contributed by atoms with van der Waals surface area (Å²) in [5.74, 6) is 0.0638. The van der Waals surface area contributed by atoms with E-state index in [4.69, 9.17) is 4.74 Å². The Kier molecular flexibility index (Phi) is 4.75. The van der Waals surface area contributed by atoms with E-state index in [1.165, 1.54) is 0 Å². The van der Waals surface area contributed by atoms with Crippen molar-refractivity contribution < 1.29 is 9.53 Å². The molecule has 5 heteroatoms. The van der Waals surface area contributed by atoms with Crippen molar-refractivity contribution in [2.75, 3.05) is 33.3 Å². The summed E-state index contributed by atoms with van der Waals surface area (Å²) in [5.41, 5.74) is 2.12. The highest BCUT2D eigenvalue weighted by molar-refractivity contribution is 5.88. The molecule has 1 atom stereocenters. The second-order valence-electron chi connectivity index (χ2n) is 5.93. The molecule has 3 rings (SSSR count). The second kappa shape index (κ2) is 6.94. The summed E-state index contributed by atoms with van der Waals surface area (Å²) in [7, 11) is 2.10. The van der Waals surface area contributed by atoms with Crippen LogP contribution in [0.3, 0.4) is 0 Å². The highest BCUT2D eigenvalue weighted by Gasteiger charge is 2.17. The Hall–Kier alpha value is -1.85. The van der Waals surface area contributed by atoms with Gasteiger partial charge >= 0.3 is 0 Å². The van der Waals surface area contributed by atoms with E-state index in [2.05, 4.69) is 22.2 Å². The van der Waals surface area contributed by atoms with Crippen molar-refractivity contribution in [3.63, 3.8) is 0 Å². The Bertz CT molecular complexity index is 638. The Morgan fingerprint density at radius 2 is 2.32 bits per heavy atom. The number of fused-ring (bicyclic) bond motifs is 1. The maximum absolute atomic E-state index is 12.1. The van der Waals surface area contributed by atoms with Crippen molar-refractivity contribution in [3.8, 4) is 0 Å². The van der Waals surface area contributed by atoms with E-state index in [1.807, 2.05) is 30.5 Å². The maximum Gasteiger partial charge on any atom is 0.224 e. The molecule has 5 nitrogen and oxygen atoms in total. The molecule has 0 aliphatic carbocycles. The summed E-state index contributed by atoms with van der Waals surface area (Å²) in [6.07, 6.45) is 3.43. The van der Waals surface area contributed by atoms with Crippen LogP contribution in [0.5, 0.6) is 0 Å². The van der Waals surface area contributed by atoms with E-state index < -0.39 is 0 Å². The van der Waals surface area contributed by atoms with Crippen molar-refractivity contribution >= 4 is 16.8 Å². The van der Waals surface area contributed by atoms with Crippen LogP contribution in [-0.2, 0) is 16.0 Å². The van der Waals surface area contributed by atoms with Crippen molar-refractivity contribution in [3.05, 3.63) is 36.0 Å². The summed E-state index contributed by atoms with van der Waals surface area (Å²) in [5, 5.41) is 4.12. The summed E-state index contributed by atoms with van der Waals surface area (Å²) in [6, 6.07) is 8.05. The van der Waals surface area contributed by atoms with Crippen molar-refractivity contribution in [1.82, 2.24) is 15.2 Å². The number of carbonyl (C=O) groups excluding carboxylic acids is 1. The summed E-state index contributed by atoms with van der Waals surface area (Å²) < 4.78 is 5.70. The molecule has 1 amide bonds. The molecule has 1 aliphatic heterocycles. The van der Waals surface area contributed by atoms with Gasteiger partial charge in [-0.05, 0) is 25.1 Å². The molecule has 1 aromatic carbocycles. The molecule has 1 unspecified atom stereocenters. The average Bonchev–Trinajstić information content (AvgIpc) is 2.91. The molecule has 2 heterocycles. The molecule has 1 saturated heterocycles. The first kappa shape index (κ1) is 15.1. The lowest BCUT2D eigenvalue weighted by atomic mass is 10.1. The van der Waals surface area contributed by atoms with E-state index in [-0.39, 0.29) is 12.0 Å². The smallest absolute Gasteiger partial charge is 0.224 e. The number of morpholine rings is 1. The van der Waals surface area contributed by atoms with Gasteiger partial charge in [0.15, 0.2) is 0 Å². The van der Waals surface area contributed by atoms with Crippen molar-refractivity contribution in [2.45, 2.75) is 18.9 Å². The van der Waals surface area contributed by atoms with E-state index in [1.54, 1.807) is 0 Å². The van der Waals surface area contributed by atoms with Gasteiger partial charge in [0.25, 0.3) is 0 Å². The largest absolute Gasteiger partial charge is 0.375 e. The molecule has 1 fully saturated rings. The molecule has 0 saturated carbocycles. The fourth-order valence-corrected chi connectivity index (χ4v) is 2.93. The Balaban J connectivity index is 1.46. The van der Waals surface area contributed by atoms with Gasteiger partial charge in [-0.2, -0.15) is 0 Å². The lowest BCUT2D eigenvalue weighted by Gasteiger charge is -2.30. The highest BCUT2D eigenvalue weighted by atomic mass is 16.5. The zero-order valence-corrected chi connectivity index (χ0v) is 13.0. The number of hydrogen-bond acceptors (Lipinski definition) is 3. The van der Waals surface area contributed by atoms with E-state index in [0.717, 1.165) is 42.6 Å². The number of H-pyrrole nitrogens is 1.